The molecule has 0 unspecified atom stereocenters. The van der Waals surface area contributed by atoms with Gasteiger partial charge in [-0.05, 0) is 42.2 Å². The zero-order valence-corrected chi connectivity index (χ0v) is 11.5. The number of hydrogen-bond donors (Lipinski definition) is 1. The lowest BCUT2D eigenvalue weighted by atomic mass is 10.2. The van der Waals surface area contributed by atoms with Crippen molar-refractivity contribution in [2.24, 2.45) is 0 Å². The summed E-state index contributed by atoms with van der Waals surface area (Å²) in [5.74, 6) is 0.581. The van der Waals surface area contributed by atoms with Crippen LogP contribution in [-0.2, 0) is 6.42 Å². The summed E-state index contributed by atoms with van der Waals surface area (Å²) in [6, 6.07) is 3.73. The van der Waals surface area contributed by atoms with Crippen molar-refractivity contribution in [1.82, 2.24) is 9.88 Å². The molecule has 0 fully saturated rings. The lowest BCUT2D eigenvalue weighted by Gasteiger charge is -2.09. The second-order valence-corrected chi connectivity index (χ2v) is 4.07. The largest absolute Gasteiger partial charge is 0.384 e. The molecule has 1 aromatic heterocycles. The van der Waals surface area contributed by atoms with Crippen molar-refractivity contribution in [1.29, 1.82) is 0 Å². The van der Waals surface area contributed by atoms with Crippen LogP contribution in [0.5, 0.6) is 0 Å². The standard InChI is InChI=1S/C9H14BrN3.C2H6/c1-13(2)6-5-8-7(10)3-4-9(11)12-8;1-2/h3-4H,5-6H2,1-2H3,(H2,11,12);1-2H3. The Morgan fingerprint density at radius 3 is 2.47 bits per heavy atom. The molecule has 2 N–H and O–H groups in total. The molecular weight excluding hydrogens is 254 g/mol. The smallest absolute Gasteiger partial charge is 0.123 e. The molecule has 86 valence electrons. The summed E-state index contributed by atoms with van der Waals surface area (Å²) in [5.41, 5.74) is 6.61. The zero-order valence-electron chi connectivity index (χ0n) is 9.92. The second kappa shape index (κ2) is 7.65. The normalized spacial score (nSPS) is 9.73. The van der Waals surface area contributed by atoms with Gasteiger partial charge in [0.1, 0.15) is 5.82 Å². The maximum absolute atomic E-state index is 5.59. The maximum atomic E-state index is 5.59. The van der Waals surface area contributed by atoms with E-state index in [0.717, 1.165) is 23.1 Å². The van der Waals surface area contributed by atoms with Gasteiger partial charge in [0.25, 0.3) is 0 Å². The summed E-state index contributed by atoms with van der Waals surface area (Å²) < 4.78 is 1.03. The molecule has 0 amide bonds. The number of rotatable bonds is 3. The average molecular weight is 274 g/mol. The minimum atomic E-state index is 0.581. The first-order valence-electron chi connectivity index (χ1n) is 5.15. The Labute approximate surface area is 101 Å². The predicted octanol–water partition coefficient (Wildman–Crippen LogP) is 2.56. The van der Waals surface area contributed by atoms with Gasteiger partial charge in [0.15, 0.2) is 0 Å². The van der Waals surface area contributed by atoms with E-state index in [-0.39, 0.29) is 0 Å². The molecule has 3 nitrogen and oxygen atoms in total. The quantitative estimate of drug-likeness (QED) is 0.921. The molecular formula is C11H20BrN3. The third kappa shape index (κ3) is 5.74. The molecule has 1 heterocycles. The molecule has 15 heavy (non-hydrogen) atoms. The summed E-state index contributed by atoms with van der Waals surface area (Å²) in [6.07, 6.45) is 0.915. The molecule has 0 aliphatic heterocycles. The summed E-state index contributed by atoms with van der Waals surface area (Å²) in [7, 11) is 4.08. The Morgan fingerprint density at radius 1 is 1.33 bits per heavy atom. The maximum Gasteiger partial charge on any atom is 0.123 e. The van der Waals surface area contributed by atoms with Crippen molar-refractivity contribution in [3.8, 4) is 0 Å². The van der Waals surface area contributed by atoms with E-state index in [2.05, 4.69) is 25.8 Å². The van der Waals surface area contributed by atoms with Gasteiger partial charge in [-0.25, -0.2) is 4.98 Å². The Balaban J connectivity index is 0.000000921. The van der Waals surface area contributed by atoms with E-state index in [1.807, 2.05) is 34.0 Å². The van der Waals surface area contributed by atoms with Crippen molar-refractivity contribution in [3.05, 3.63) is 22.3 Å². The molecule has 0 aliphatic rings. The van der Waals surface area contributed by atoms with Crippen molar-refractivity contribution < 1.29 is 0 Å². The third-order valence-corrected chi connectivity index (χ3v) is 2.46. The molecule has 0 spiro atoms. The van der Waals surface area contributed by atoms with Gasteiger partial charge < -0.3 is 10.6 Å². The highest BCUT2D eigenvalue weighted by molar-refractivity contribution is 9.10. The fourth-order valence-corrected chi connectivity index (χ4v) is 1.43. The monoisotopic (exact) mass is 273 g/mol. The molecule has 0 atom stereocenters. The van der Waals surface area contributed by atoms with Gasteiger partial charge in [0, 0.05) is 17.4 Å². The zero-order chi connectivity index (χ0) is 11.8. The Hall–Kier alpha value is -0.610. The van der Waals surface area contributed by atoms with Crippen LogP contribution in [0.4, 0.5) is 5.82 Å². The fraction of sp³-hybridized carbons (Fsp3) is 0.545. The Bertz CT molecular complexity index is 287. The topological polar surface area (TPSA) is 42.2 Å². The van der Waals surface area contributed by atoms with E-state index in [1.54, 1.807) is 6.07 Å². The summed E-state index contributed by atoms with van der Waals surface area (Å²) in [6.45, 7) is 4.98. The molecule has 4 heteroatoms. The molecule has 1 rings (SSSR count). The molecule has 0 saturated carbocycles. The van der Waals surface area contributed by atoms with Gasteiger partial charge in [-0.1, -0.05) is 13.8 Å². The number of nitrogens with zero attached hydrogens (tertiary/aromatic N) is 2. The minimum Gasteiger partial charge on any atom is -0.384 e. The number of nitrogens with two attached hydrogens (primary N) is 1. The predicted molar refractivity (Wildman–Crippen MR) is 70.0 cm³/mol. The van der Waals surface area contributed by atoms with E-state index in [9.17, 15) is 0 Å². The minimum absolute atomic E-state index is 0.581. The van der Waals surface area contributed by atoms with Crippen LogP contribution in [0.15, 0.2) is 16.6 Å². The van der Waals surface area contributed by atoms with Crippen LogP contribution in [0.1, 0.15) is 19.5 Å². The number of halogens is 1. The van der Waals surface area contributed by atoms with Crippen LogP contribution in [0.3, 0.4) is 0 Å². The van der Waals surface area contributed by atoms with Crippen molar-refractivity contribution >= 4 is 21.7 Å². The summed E-state index contributed by atoms with van der Waals surface area (Å²) >= 11 is 3.44. The first-order chi connectivity index (χ1) is 7.09. The van der Waals surface area contributed by atoms with Gasteiger partial charge in [-0.3, -0.25) is 0 Å². The second-order valence-electron chi connectivity index (χ2n) is 3.22. The number of nitrogen functional groups attached to an aromatic ring is 1. The van der Waals surface area contributed by atoms with Gasteiger partial charge >= 0.3 is 0 Å². The van der Waals surface area contributed by atoms with Crippen molar-refractivity contribution in [3.63, 3.8) is 0 Å². The molecule has 1 aromatic rings. The van der Waals surface area contributed by atoms with Crippen LogP contribution in [0.25, 0.3) is 0 Å². The highest BCUT2D eigenvalue weighted by Gasteiger charge is 2.02. The first-order valence-corrected chi connectivity index (χ1v) is 5.94. The average Bonchev–Trinajstić information content (AvgIpc) is 2.22. The molecule has 0 bridgehead atoms. The van der Waals surface area contributed by atoms with E-state index in [0.29, 0.717) is 5.82 Å². The van der Waals surface area contributed by atoms with Crippen LogP contribution >= 0.6 is 15.9 Å². The van der Waals surface area contributed by atoms with Gasteiger partial charge in [0.2, 0.25) is 0 Å². The third-order valence-electron chi connectivity index (χ3n) is 1.74. The number of aromatic nitrogens is 1. The lowest BCUT2D eigenvalue weighted by molar-refractivity contribution is 0.411. The van der Waals surface area contributed by atoms with Gasteiger partial charge in [-0.2, -0.15) is 0 Å². The molecule has 0 aliphatic carbocycles. The SMILES string of the molecule is CC.CN(C)CCc1nc(N)ccc1Br. The number of pyridine rings is 1. The first kappa shape index (κ1) is 14.4. The van der Waals surface area contributed by atoms with E-state index in [1.165, 1.54) is 0 Å². The van der Waals surface area contributed by atoms with Crippen LogP contribution in [-0.4, -0.2) is 30.5 Å². The van der Waals surface area contributed by atoms with Crippen LogP contribution < -0.4 is 5.73 Å². The van der Waals surface area contributed by atoms with E-state index >= 15 is 0 Å². The summed E-state index contributed by atoms with van der Waals surface area (Å²) in [4.78, 5) is 6.37. The lowest BCUT2D eigenvalue weighted by Crippen LogP contribution is -2.16. The summed E-state index contributed by atoms with van der Waals surface area (Å²) in [5, 5.41) is 0. The van der Waals surface area contributed by atoms with Crippen LogP contribution in [0.2, 0.25) is 0 Å². The number of anilines is 1. The van der Waals surface area contributed by atoms with Crippen molar-refractivity contribution in [2.45, 2.75) is 20.3 Å². The highest BCUT2D eigenvalue weighted by Crippen LogP contribution is 2.16. The Kier molecular flexibility index (Phi) is 7.34. The van der Waals surface area contributed by atoms with Crippen molar-refractivity contribution in [2.75, 3.05) is 26.4 Å². The molecule has 0 saturated heterocycles. The molecule has 0 aromatic carbocycles. The Morgan fingerprint density at radius 2 is 1.93 bits per heavy atom. The van der Waals surface area contributed by atoms with Gasteiger partial charge in [-0.15, -0.1) is 0 Å². The fourth-order valence-electron chi connectivity index (χ4n) is 1.01. The molecule has 0 radical (unpaired) electrons. The van der Waals surface area contributed by atoms with Gasteiger partial charge in [0.05, 0.1) is 5.69 Å². The number of likely N-dealkylation sites (N-methyl/N-ethyl adjacent to an activating group) is 1. The highest BCUT2D eigenvalue weighted by atomic mass is 79.9. The van der Waals surface area contributed by atoms with Crippen LogP contribution in [0, 0.1) is 0 Å². The van der Waals surface area contributed by atoms with E-state index in [4.69, 9.17) is 5.73 Å². The van der Waals surface area contributed by atoms with E-state index < -0.39 is 0 Å². The number of hydrogen-bond acceptors (Lipinski definition) is 3.